The Hall–Kier alpha value is -0.170. The number of hydrogen-bond donors (Lipinski definition) is 2. The average molecular weight is 274 g/mol. The van der Waals surface area contributed by atoms with Gasteiger partial charge in [0, 0.05) is 13.1 Å². The van der Waals surface area contributed by atoms with Gasteiger partial charge in [-0.3, -0.25) is 0 Å². The molecule has 2 heterocycles. The minimum atomic E-state index is -3.07. The van der Waals surface area contributed by atoms with E-state index in [-0.39, 0.29) is 17.0 Å². The van der Waals surface area contributed by atoms with Crippen LogP contribution < -0.4 is 10.0 Å². The molecule has 2 N–H and O–H groups in total. The number of sulfonamides is 1. The Morgan fingerprint density at radius 1 is 1.28 bits per heavy atom. The molecule has 104 valence electrons. The third-order valence-electron chi connectivity index (χ3n) is 4.26. The maximum atomic E-state index is 11.8. The van der Waals surface area contributed by atoms with E-state index in [1.165, 1.54) is 0 Å². The molecule has 0 bridgehead atoms. The molecule has 1 aliphatic carbocycles. The molecule has 2 saturated heterocycles. The molecule has 5 nitrogen and oxygen atoms in total. The number of nitrogens with one attached hydrogen (secondary N) is 2. The lowest BCUT2D eigenvalue weighted by molar-refractivity contribution is -0.113. The van der Waals surface area contributed by atoms with E-state index in [1.807, 2.05) is 0 Å². The maximum Gasteiger partial charge on any atom is 0.214 e. The Labute approximate surface area is 109 Å². The Bertz CT molecular complexity index is 400. The van der Waals surface area contributed by atoms with Crippen LogP contribution in [-0.2, 0) is 14.8 Å². The maximum absolute atomic E-state index is 11.8. The molecule has 3 rings (SSSR count). The molecule has 18 heavy (non-hydrogen) atoms. The molecule has 0 aromatic carbocycles. The van der Waals surface area contributed by atoms with Crippen molar-refractivity contribution in [2.75, 3.05) is 19.6 Å². The molecule has 0 amide bonds. The van der Waals surface area contributed by atoms with Crippen LogP contribution in [0.1, 0.15) is 38.5 Å². The second-order valence-electron chi connectivity index (χ2n) is 5.83. The highest BCUT2D eigenvalue weighted by atomic mass is 32.2. The first kappa shape index (κ1) is 12.8. The highest BCUT2D eigenvalue weighted by molar-refractivity contribution is 7.90. The van der Waals surface area contributed by atoms with Gasteiger partial charge in [-0.25, -0.2) is 13.1 Å². The summed E-state index contributed by atoms with van der Waals surface area (Å²) in [5.41, 5.74) is -0.0199. The lowest BCUT2D eigenvalue weighted by atomic mass is 9.91. The van der Waals surface area contributed by atoms with Crippen LogP contribution in [0.3, 0.4) is 0 Å². The molecule has 2 atom stereocenters. The van der Waals surface area contributed by atoms with Gasteiger partial charge in [0.05, 0.1) is 17.0 Å². The molecular weight excluding hydrogens is 252 g/mol. The standard InChI is InChI=1S/C12H22N2O3S/c15-18(16,11-3-4-11)14-8-10-2-1-5-12(17-10)6-7-13-9-12/h10-11,13-14H,1-9H2/t10-,12-/m1/s1. The van der Waals surface area contributed by atoms with Gasteiger partial charge in [-0.2, -0.15) is 0 Å². The van der Waals surface area contributed by atoms with E-state index in [1.54, 1.807) is 0 Å². The molecule has 0 aromatic rings. The zero-order chi connectivity index (χ0) is 12.6. The fourth-order valence-corrected chi connectivity index (χ4v) is 4.42. The molecule has 0 aromatic heterocycles. The van der Waals surface area contributed by atoms with Gasteiger partial charge in [0.1, 0.15) is 0 Å². The minimum Gasteiger partial charge on any atom is -0.369 e. The summed E-state index contributed by atoms with van der Waals surface area (Å²) in [5, 5.41) is 3.20. The molecule has 0 radical (unpaired) electrons. The van der Waals surface area contributed by atoms with Gasteiger partial charge in [0.15, 0.2) is 0 Å². The van der Waals surface area contributed by atoms with Crippen molar-refractivity contribution in [2.45, 2.75) is 55.5 Å². The Morgan fingerprint density at radius 2 is 2.11 bits per heavy atom. The zero-order valence-electron chi connectivity index (χ0n) is 10.7. The summed E-state index contributed by atoms with van der Waals surface area (Å²) in [5.74, 6) is 0. The largest absolute Gasteiger partial charge is 0.369 e. The highest BCUT2D eigenvalue weighted by Crippen LogP contribution is 2.33. The first-order valence-corrected chi connectivity index (χ1v) is 8.51. The molecule has 3 aliphatic rings. The van der Waals surface area contributed by atoms with Crippen molar-refractivity contribution in [3.05, 3.63) is 0 Å². The van der Waals surface area contributed by atoms with Gasteiger partial charge in [-0.05, 0) is 45.1 Å². The van der Waals surface area contributed by atoms with Crippen LogP contribution >= 0.6 is 0 Å². The van der Waals surface area contributed by atoms with E-state index in [4.69, 9.17) is 4.74 Å². The lowest BCUT2D eigenvalue weighted by Gasteiger charge is -2.38. The summed E-state index contributed by atoms with van der Waals surface area (Å²) in [6, 6.07) is 0. The minimum absolute atomic E-state index is 0.0199. The van der Waals surface area contributed by atoms with Gasteiger partial charge in [0.25, 0.3) is 0 Å². The van der Waals surface area contributed by atoms with Crippen LogP contribution in [-0.4, -0.2) is 45.0 Å². The van der Waals surface area contributed by atoms with E-state index >= 15 is 0 Å². The van der Waals surface area contributed by atoms with Crippen LogP contribution in [0.25, 0.3) is 0 Å². The number of hydrogen-bond acceptors (Lipinski definition) is 4. The van der Waals surface area contributed by atoms with Crippen LogP contribution in [0.4, 0.5) is 0 Å². The first-order chi connectivity index (χ1) is 8.60. The fourth-order valence-electron chi connectivity index (χ4n) is 3.01. The fraction of sp³-hybridized carbons (Fsp3) is 1.00. The van der Waals surface area contributed by atoms with Crippen LogP contribution in [0.5, 0.6) is 0 Å². The predicted octanol–water partition coefficient (Wildman–Crippen LogP) is 0.369. The summed E-state index contributed by atoms with van der Waals surface area (Å²) < 4.78 is 32.4. The number of rotatable bonds is 4. The average Bonchev–Trinajstić information content (AvgIpc) is 3.12. The van der Waals surface area contributed by atoms with E-state index < -0.39 is 10.0 Å². The van der Waals surface area contributed by atoms with E-state index in [2.05, 4.69) is 10.0 Å². The van der Waals surface area contributed by atoms with Crippen LogP contribution in [0.15, 0.2) is 0 Å². The van der Waals surface area contributed by atoms with Crippen molar-refractivity contribution in [3.8, 4) is 0 Å². The third kappa shape index (κ3) is 2.71. The molecule has 1 saturated carbocycles. The smallest absolute Gasteiger partial charge is 0.214 e. The normalized spacial score (nSPS) is 37.2. The lowest BCUT2D eigenvalue weighted by Crippen LogP contribution is -2.46. The molecular formula is C12H22N2O3S. The summed E-state index contributed by atoms with van der Waals surface area (Å²) in [7, 11) is -3.07. The monoisotopic (exact) mass is 274 g/mol. The van der Waals surface area contributed by atoms with Crippen molar-refractivity contribution in [3.63, 3.8) is 0 Å². The summed E-state index contributed by atoms with van der Waals surface area (Å²) >= 11 is 0. The van der Waals surface area contributed by atoms with E-state index in [0.29, 0.717) is 6.54 Å². The van der Waals surface area contributed by atoms with Gasteiger partial charge in [-0.15, -0.1) is 0 Å². The van der Waals surface area contributed by atoms with E-state index in [0.717, 1.165) is 51.6 Å². The van der Waals surface area contributed by atoms with Gasteiger partial charge in [-0.1, -0.05) is 0 Å². The van der Waals surface area contributed by atoms with Crippen LogP contribution in [0, 0.1) is 0 Å². The van der Waals surface area contributed by atoms with E-state index in [9.17, 15) is 8.42 Å². The molecule has 2 aliphatic heterocycles. The predicted molar refractivity (Wildman–Crippen MR) is 68.9 cm³/mol. The Balaban J connectivity index is 1.53. The zero-order valence-corrected chi connectivity index (χ0v) is 11.5. The molecule has 6 heteroatoms. The number of ether oxygens (including phenoxy) is 1. The summed E-state index contributed by atoms with van der Waals surface area (Å²) in [6.07, 6.45) is 5.94. The molecule has 0 unspecified atom stereocenters. The topological polar surface area (TPSA) is 67.4 Å². The van der Waals surface area contributed by atoms with Gasteiger partial charge >= 0.3 is 0 Å². The van der Waals surface area contributed by atoms with Crippen molar-refractivity contribution in [1.29, 1.82) is 0 Å². The third-order valence-corrected chi connectivity index (χ3v) is 6.17. The van der Waals surface area contributed by atoms with Crippen molar-refractivity contribution in [1.82, 2.24) is 10.0 Å². The second-order valence-corrected chi connectivity index (χ2v) is 7.88. The van der Waals surface area contributed by atoms with Crippen molar-refractivity contribution in [2.24, 2.45) is 0 Å². The van der Waals surface area contributed by atoms with Gasteiger partial charge < -0.3 is 10.1 Å². The second kappa shape index (κ2) is 4.74. The van der Waals surface area contributed by atoms with Crippen molar-refractivity contribution >= 4 is 10.0 Å². The van der Waals surface area contributed by atoms with Gasteiger partial charge in [0.2, 0.25) is 10.0 Å². The molecule has 1 spiro atoms. The summed E-state index contributed by atoms with van der Waals surface area (Å²) in [6.45, 7) is 2.37. The summed E-state index contributed by atoms with van der Waals surface area (Å²) in [4.78, 5) is 0. The SMILES string of the molecule is O=S(=O)(NC[C@H]1CCC[C@]2(CCNC2)O1)C1CC1. The highest BCUT2D eigenvalue weighted by Gasteiger charge is 2.41. The molecule has 3 fully saturated rings. The first-order valence-electron chi connectivity index (χ1n) is 6.97. The Morgan fingerprint density at radius 3 is 2.78 bits per heavy atom. The quantitative estimate of drug-likeness (QED) is 0.777. The van der Waals surface area contributed by atoms with Crippen molar-refractivity contribution < 1.29 is 13.2 Å². The van der Waals surface area contributed by atoms with Crippen LogP contribution in [0.2, 0.25) is 0 Å². The Kier molecular flexibility index (Phi) is 3.38.